The minimum absolute atomic E-state index is 0.0778. The van der Waals surface area contributed by atoms with E-state index in [1.54, 1.807) is 17.9 Å². The Morgan fingerprint density at radius 3 is 2.73 bits per heavy atom. The van der Waals surface area contributed by atoms with Crippen LogP contribution in [0.3, 0.4) is 0 Å². The van der Waals surface area contributed by atoms with Gasteiger partial charge < -0.3 is 14.7 Å². The van der Waals surface area contributed by atoms with E-state index in [1.165, 1.54) is 6.07 Å². The summed E-state index contributed by atoms with van der Waals surface area (Å²) in [6, 6.07) is 2.74. The molecule has 2 aromatic rings. The van der Waals surface area contributed by atoms with Crippen LogP contribution in [0, 0.1) is 0 Å². The minimum Gasteiger partial charge on any atom is -0.492 e. The summed E-state index contributed by atoms with van der Waals surface area (Å²) in [7, 11) is -4.09. The molecule has 2 atom stereocenters. The molecule has 0 amide bonds. The van der Waals surface area contributed by atoms with Crippen molar-refractivity contribution in [2.45, 2.75) is 49.2 Å². The van der Waals surface area contributed by atoms with Gasteiger partial charge in [0.2, 0.25) is 16.0 Å². The summed E-state index contributed by atoms with van der Waals surface area (Å²) in [5.74, 6) is -2.80. The van der Waals surface area contributed by atoms with Gasteiger partial charge in [-0.1, -0.05) is 0 Å². The third-order valence-corrected chi connectivity index (χ3v) is 6.97. The summed E-state index contributed by atoms with van der Waals surface area (Å²) in [4.78, 5) is 10.1. The summed E-state index contributed by atoms with van der Waals surface area (Å²) < 4.78 is 58.8. The highest BCUT2D eigenvalue weighted by molar-refractivity contribution is 7.89. The van der Waals surface area contributed by atoms with Crippen LogP contribution >= 0.6 is 0 Å². The molecule has 8 nitrogen and oxygen atoms in total. The summed E-state index contributed by atoms with van der Waals surface area (Å²) in [5.41, 5.74) is 1.25. The van der Waals surface area contributed by atoms with Crippen molar-refractivity contribution in [3.8, 4) is 17.0 Å². The average molecular weight is 438 g/mol. The van der Waals surface area contributed by atoms with Gasteiger partial charge in [-0.05, 0) is 31.0 Å². The van der Waals surface area contributed by atoms with Crippen LogP contribution in [0.4, 0.5) is 14.7 Å². The molecule has 0 unspecified atom stereocenters. The average Bonchev–Trinajstić information content (AvgIpc) is 3.27. The van der Waals surface area contributed by atoms with Crippen molar-refractivity contribution in [2.24, 2.45) is 5.14 Å². The number of hydrogen-bond donors (Lipinski definition) is 2. The van der Waals surface area contributed by atoms with Gasteiger partial charge in [0.15, 0.2) is 0 Å². The van der Waals surface area contributed by atoms with Gasteiger partial charge in [-0.15, -0.1) is 0 Å². The number of anilines is 1. The van der Waals surface area contributed by atoms with Crippen molar-refractivity contribution < 1.29 is 27.0 Å². The number of nitrogens with zero attached hydrogens (tertiary/aromatic N) is 3. The van der Waals surface area contributed by atoms with E-state index in [0.29, 0.717) is 29.7 Å². The Morgan fingerprint density at radius 2 is 2.07 bits per heavy atom. The van der Waals surface area contributed by atoms with E-state index >= 15 is 0 Å². The molecule has 1 saturated heterocycles. The van der Waals surface area contributed by atoms with E-state index in [0.717, 1.165) is 0 Å². The largest absolute Gasteiger partial charge is 0.492 e. The van der Waals surface area contributed by atoms with Crippen LogP contribution in [0.1, 0.15) is 30.2 Å². The summed E-state index contributed by atoms with van der Waals surface area (Å²) in [6.45, 7) is 2.31. The molecule has 3 aliphatic rings. The third-order valence-electron chi connectivity index (χ3n) is 6.05. The topological polar surface area (TPSA) is 119 Å². The molecule has 3 heterocycles. The first kappa shape index (κ1) is 19.6. The highest BCUT2D eigenvalue weighted by Crippen LogP contribution is 2.46. The number of nitrogens with two attached hydrogens (primary N) is 1. The lowest BCUT2D eigenvalue weighted by molar-refractivity contribution is -0.00603. The number of hydrogen-bond acceptors (Lipinski definition) is 7. The monoisotopic (exact) mass is 438 g/mol. The quantitative estimate of drug-likeness (QED) is 0.742. The van der Waals surface area contributed by atoms with Crippen LogP contribution in [0.25, 0.3) is 11.3 Å². The van der Waals surface area contributed by atoms with Crippen molar-refractivity contribution in [2.75, 3.05) is 18.1 Å². The Balaban J connectivity index is 1.73. The fraction of sp³-hybridized carbons (Fsp3) is 0.474. The molecule has 0 saturated carbocycles. The Labute approximate surface area is 171 Å². The van der Waals surface area contributed by atoms with Gasteiger partial charge in [0.25, 0.3) is 5.92 Å². The number of benzene rings is 1. The van der Waals surface area contributed by atoms with Crippen LogP contribution in [-0.4, -0.2) is 48.8 Å². The van der Waals surface area contributed by atoms with Gasteiger partial charge in [-0.3, -0.25) is 0 Å². The van der Waals surface area contributed by atoms with Crippen molar-refractivity contribution >= 4 is 16.0 Å². The predicted molar refractivity (Wildman–Crippen MR) is 103 cm³/mol. The summed E-state index contributed by atoms with van der Waals surface area (Å²) in [5, 5.41) is 15.2. The number of β-amino-alcohol motifs (C(OH)–C–C–N with tert-alkyl or cyclic N) is 1. The van der Waals surface area contributed by atoms with Gasteiger partial charge >= 0.3 is 0 Å². The highest BCUT2D eigenvalue weighted by Gasteiger charge is 2.45. The SMILES string of the molecule is C[C@H]1[C@H](O)CN1c1nc(-c2cc3c(c(S(N)(=O)=O)c2)OCC3)c2c(n1)C(F)(F)CC2. The van der Waals surface area contributed by atoms with Gasteiger partial charge in [0.05, 0.1) is 24.4 Å². The number of aliphatic hydroxyl groups is 1. The molecule has 160 valence electrons. The van der Waals surface area contributed by atoms with E-state index in [1.807, 2.05) is 0 Å². The smallest absolute Gasteiger partial charge is 0.290 e. The minimum atomic E-state index is -4.09. The second-order valence-electron chi connectivity index (χ2n) is 7.97. The Hall–Kier alpha value is -2.37. The van der Waals surface area contributed by atoms with Crippen molar-refractivity contribution in [3.63, 3.8) is 0 Å². The maximum absolute atomic E-state index is 14.6. The van der Waals surface area contributed by atoms with Crippen LogP contribution in [-0.2, 0) is 28.8 Å². The predicted octanol–water partition coefficient (Wildman–Crippen LogP) is 1.33. The molecule has 3 N–H and O–H groups in total. The molecule has 2 aliphatic heterocycles. The number of sulfonamides is 1. The van der Waals surface area contributed by atoms with E-state index in [2.05, 4.69) is 9.97 Å². The molecule has 11 heteroatoms. The van der Waals surface area contributed by atoms with Crippen molar-refractivity contribution in [3.05, 3.63) is 29.0 Å². The molecule has 1 aromatic heterocycles. The normalized spacial score (nSPS) is 24.2. The van der Waals surface area contributed by atoms with E-state index in [-0.39, 0.29) is 53.4 Å². The first-order chi connectivity index (χ1) is 14.1. The molecule has 0 bridgehead atoms. The fourth-order valence-corrected chi connectivity index (χ4v) is 4.99. The maximum atomic E-state index is 14.6. The number of alkyl halides is 2. The Bertz CT molecular complexity index is 1170. The molecular weight excluding hydrogens is 418 g/mol. The lowest BCUT2D eigenvalue weighted by atomic mass is 10.0. The number of aromatic nitrogens is 2. The zero-order chi connectivity index (χ0) is 21.4. The van der Waals surface area contributed by atoms with Crippen LogP contribution in [0.2, 0.25) is 0 Å². The molecule has 1 fully saturated rings. The molecule has 0 spiro atoms. The lowest BCUT2D eigenvalue weighted by Crippen LogP contribution is -2.59. The molecular formula is C19H20F2N4O4S. The number of fused-ring (bicyclic) bond motifs is 2. The summed E-state index contributed by atoms with van der Waals surface area (Å²) >= 11 is 0. The fourth-order valence-electron chi connectivity index (χ4n) is 4.25. The zero-order valence-corrected chi connectivity index (χ0v) is 16.9. The van der Waals surface area contributed by atoms with Crippen molar-refractivity contribution in [1.82, 2.24) is 9.97 Å². The first-order valence-corrected chi connectivity index (χ1v) is 11.2. The first-order valence-electron chi connectivity index (χ1n) is 9.63. The van der Waals surface area contributed by atoms with E-state index in [9.17, 15) is 22.3 Å². The van der Waals surface area contributed by atoms with E-state index in [4.69, 9.17) is 9.88 Å². The van der Waals surface area contributed by atoms with E-state index < -0.39 is 22.0 Å². The Kier molecular flexibility index (Phi) is 4.12. The number of halogens is 2. The number of ether oxygens (including phenoxy) is 1. The van der Waals surface area contributed by atoms with Crippen LogP contribution < -0.4 is 14.8 Å². The number of primary sulfonamides is 1. The van der Waals surface area contributed by atoms with Crippen LogP contribution in [0.5, 0.6) is 5.75 Å². The van der Waals surface area contributed by atoms with Gasteiger partial charge in [0, 0.05) is 30.5 Å². The summed E-state index contributed by atoms with van der Waals surface area (Å²) in [6.07, 6.45) is -0.412. The van der Waals surface area contributed by atoms with Gasteiger partial charge in [0.1, 0.15) is 16.3 Å². The molecule has 5 rings (SSSR count). The standard InChI is InChI=1S/C19H20F2N4O4S/c1-9-13(26)8-25(9)18-23-15(12-2-4-19(20,21)17(12)24-18)11-6-10-3-5-29-16(10)14(7-11)30(22,27)28/h6-7,9,13,26H,2-5,8H2,1H3,(H2,22,27,28)/t9-,13+/m0/s1. The highest BCUT2D eigenvalue weighted by atomic mass is 32.2. The molecule has 1 aromatic carbocycles. The zero-order valence-electron chi connectivity index (χ0n) is 16.1. The van der Waals surface area contributed by atoms with Crippen molar-refractivity contribution in [1.29, 1.82) is 0 Å². The molecule has 30 heavy (non-hydrogen) atoms. The lowest BCUT2D eigenvalue weighted by Gasteiger charge is -2.43. The Morgan fingerprint density at radius 1 is 1.30 bits per heavy atom. The molecule has 0 radical (unpaired) electrons. The second-order valence-corrected chi connectivity index (χ2v) is 9.50. The third kappa shape index (κ3) is 2.87. The van der Waals surface area contributed by atoms with Gasteiger partial charge in [-0.2, -0.15) is 8.78 Å². The van der Waals surface area contributed by atoms with Crippen LogP contribution in [0.15, 0.2) is 17.0 Å². The maximum Gasteiger partial charge on any atom is 0.290 e. The van der Waals surface area contributed by atoms with Gasteiger partial charge in [-0.25, -0.2) is 23.5 Å². The second kappa shape index (κ2) is 6.32. The molecule has 1 aliphatic carbocycles. The number of rotatable bonds is 3. The number of aliphatic hydroxyl groups excluding tert-OH is 1.